The van der Waals surface area contributed by atoms with E-state index < -0.39 is 5.91 Å². The van der Waals surface area contributed by atoms with Gasteiger partial charge in [-0.25, -0.2) is 4.39 Å². The fourth-order valence-corrected chi connectivity index (χ4v) is 4.43. The molecular weight excluding hydrogens is 643 g/mol. The first-order valence-electron chi connectivity index (χ1n) is 12.0. The van der Waals surface area contributed by atoms with E-state index in [4.69, 9.17) is 14.2 Å². The van der Waals surface area contributed by atoms with Crippen molar-refractivity contribution in [2.75, 3.05) is 12.4 Å². The molecule has 0 atom stereocenters. The zero-order valence-corrected chi connectivity index (χ0v) is 24.5. The molecule has 0 saturated heterocycles. The summed E-state index contributed by atoms with van der Waals surface area (Å²) >= 11 is 6.88. The van der Waals surface area contributed by atoms with Crippen molar-refractivity contribution in [3.05, 3.63) is 122 Å². The molecule has 1 N–H and O–H groups in total. The number of carbonyl (C=O) groups excluding carboxylic acids is 1. The molecule has 0 radical (unpaired) electrons. The van der Waals surface area contributed by atoms with Crippen molar-refractivity contribution in [1.29, 1.82) is 5.26 Å². The number of nitrogens with one attached hydrogen (secondary N) is 1. The summed E-state index contributed by atoms with van der Waals surface area (Å²) < 4.78 is 31.9. The summed E-state index contributed by atoms with van der Waals surface area (Å²) in [4.78, 5) is 12.8. The van der Waals surface area contributed by atoms with E-state index >= 15 is 0 Å². The predicted molar refractivity (Wildman–Crippen MR) is 159 cm³/mol. The Kier molecular flexibility index (Phi) is 9.95. The topological polar surface area (TPSA) is 80.6 Å². The quantitative estimate of drug-likeness (QED) is 0.137. The molecule has 0 aliphatic rings. The van der Waals surface area contributed by atoms with E-state index in [0.717, 1.165) is 15.6 Å². The van der Waals surface area contributed by atoms with Crippen LogP contribution in [-0.4, -0.2) is 13.0 Å². The average Bonchev–Trinajstić information content (AvgIpc) is 2.96. The number of halogens is 3. The van der Waals surface area contributed by atoms with Crippen LogP contribution in [0.1, 0.15) is 16.7 Å². The number of amides is 1. The minimum Gasteiger partial charge on any atom is -0.493 e. The van der Waals surface area contributed by atoms with Crippen molar-refractivity contribution in [3.8, 4) is 23.3 Å². The van der Waals surface area contributed by atoms with Crippen LogP contribution < -0.4 is 19.5 Å². The highest BCUT2D eigenvalue weighted by Gasteiger charge is 2.15. The Morgan fingerprint density at radius 3 is 2.17 bits per heavy atom. The van der Waals surface area contributed by atoms with Crippen molar-refractivity contribution < 1.29 is 23.4 Å². The number of nitrogens with zero attached hydrogens (tertiary/aromatic N) is 1. The number of rotatable bonds is 10. The van der Waals surface area contributed by atoms with E-state index in [-0.39, 0.29) is 18.0 Å². The van der Waals surface area contributed by atoms with E-state index in [2.05, 4.69) is 37.2 Å². The molecule has 202 valence electrons. The average molecular weight is 666 g/mol. The molecule has 0 unspecified atom stereocenters. The summed E-state index contributed by atoms with van der Waals surface area (Å²) in [6.45, 7) is 0.611. The highest BCUT2D eigenvalue weighted by atomic mass is 79.9. The van der Waals surface area contributed by atoms with Crippen LogP contribution in [0.4, 0.5) is 10.1 Å². The molecule has 0 saturated carbocycles. The molecular formula is C31H23Br2FN2O4. The molecule has 40 heavy (non-hydrogen) atoms. The molecule has 0 fully saturated rings. The second-order valence-electron chi connectivity index (χ2n) is 8.51. The summed E-state index contributed by atoms with van der Waals surface area (Å²) in [5.74, 6) is 0.608. The van der Waals surface area contributed by atoms with Gasteiger partial charge in [-0.05, 0) is 99.4 Å². The van der Waals surface area contributed by atoms with Gasteiger partial charge in [0, 0.05) is 10.2 Å². The highest BCUT2D eigenvalue weighted by Crippen LogP contribution is 2.38. The van der Waals surface area contributed by atoms with E-state index in [1.807, 2.05) is 30.3 Å². The van der Waals surface area contributed by atoms with Gasteiger partial charge < -0.3 is 19.5 Å². The van der Waals surface area contributed by atoms with Gasteiger partial charge in [0.15, 0.2) is 11.5 Å². The van der Waals surface area contributed by atoms with Gasteiger partial charge in [0.1, 0.15) is 36.4 Å². The first-order chi connectivity index (χ1) is 19.3. The molecule has 9 heteroatoms. The molecule has 6 nitrogen and oxygen atoms in total. The van der Waals surface area contributed by atoms with Gasteiger partial charge in [0.05, 0.1) is 11.6 Å². The zero-order valence-electron chi connectivity index (χ0n) is 21.3. The number of methoxy groups -OCH3 is 1. The normalized spacial score (nSPS) is 10.9. The second kappa shape index (κ2) is 13.8. The standard InChI is InChI=1S/C31H23Br2FN2O4/c1-38-29-16-22(15-28(33)30(29)40-19-21-4-8-25(34)9-5-21)14-23(17-35)31(37)36-26-10-12-27(13-11-26)39-18-20-2-6-24(32)7-3-20/h2-16H,18-19H2,1H3,(H,36,37)/b23-14+. The van der Waals surface area contributed by atoms with Gasteiger partial charge in [-0.1, -0.05) is 40.2 Å². The van der Waals surface area contributed by atoms with Crippen LogP contribution in [0.2, 0.25) is 0 Å². The van der Waals surface area contributed by atoms with E-state index in [9.17, 15) is 14.4 Å². The predicted octanol–water partition coefficient (Wildman–Crippen LogP) is 8.06. The van der Waals surface area contributed by atoms with Gasteiger partial charge in [0.25, 0.3) is 5.91 Å². The smallest absolute Gasteiger partial charge is 0.266 e. The number of anilines is 1. The molecule has 4 aromatic rings. The molecule has 0 aliphatic carbocycles. The van der Waals surface area contributed by atoms with Crippen LogP contribution in [0.5, 0.6) is 17.2 Å². The monoisotopic (exact) mass is 664 g/mol. The molecule has 0 spiro atoms. The van der Waals surface area contributed by atoms with Gasteiger partial charge in [0.2, 0.25) is 0 Å². The Bertz CT molecular complexity index is 1550. The number of nitriles is 1. The maximum Gasteiger partial charge on any atom is 0.266 e. The number of carbonyl (C=O) groups is 1. The fourth-order valence-electron chi connectivity index (χ4n) is 3.59. The maximum absolute atomic E-state index is 13.2. The summed E-state index contributed by atoms with van der Waals surface area (Å²) in [5.41, 5.74) is 2.79. The third-order valence-corrected chi connectivity index (χ3v) is 6.77. The zero-order chi connectivity index (χ0) is 28.5. The Morgan fingerprint density at radius 1 is 0.925 bits per heavy atom. The van der Waals surface area contributed by atoms with Crippen LogP contribution in [0.25, 0.3) is 6.08 Å². The van der Waals surface area contributed by atoms with Crippen molar-refractivity contribution in [3.63, 3.8) is 0 Å². The molecule has 0 aliphatic heterocycles. The van der Waals surface area contributed by atoms with Crippen molar-refractivity contribution in [2.24, 2.45) is 0 Å². The summed E-state index contributed by atoms with van der Waals surface area (Å²) in [7, 11) is 1.49. The van der Waals surface area contributed by atoms with E-state index in [0.29, 0.717) is 39.6 Å². The van der Waals surface area contributed by atoms with Crippen LogP contribution in [-0.2, 0) is 18.0 Å². The maximum atomic E-state index is 13.2. The lowest BCUT2D eigenvalue weighted by molar-refractivity contribution is -0.112. The lowest BCUT2D eigenvalue weighted by Crippen LogP contribution is -2.13. The Hall–Kier alpha value is -4.13. The number of hydrogen-bond donors (Lipinski definition) is 1. The summed E-state index contributed by atoms with van der Waals surface area (Å²) in [6.07, 6.45) is 1.46. The van der Waals surface area contributed by atoms with Crippen LogP contribution in [0.15, 0.2) is 99.4 Å². The highest BCUT2D eigenvalue weighted by molar-refractivity contribution is 9.10. The third-order valence-electron chi connectivity index (χ3n) is 5.66. The van der Waals surface area contributed by atoms with Crippen LogP contribution in [0.3, 0.4) is 0 Å². The summed E-state index contributed by atoms with van der Waals surface area (Å²) in [6, 6.07) is 26.1. The van der Waals surface area contributed by atoms with Crippen molar-refractivity contribution in [2.45, 2.75) is 13.2 Å². The largest absolute Gasteiger partial charge is 0.493 e. The van der Waals surface area contributed by atoms with Gasteiger partial charge in [-0.2, -0.15) is 5.26 Å². The fraction of sp³-hybridized carbons (Fsp3) is 0.0968. The van der Waals surface area contributed by atoms with E-state index in [1.165, 1.54) is 25.3 Å². The van der Waals surface area contributed by atoms with Gasteiger partial charge in [-0.15, -0.1) is 0 Å². The molecule has 4 aromatic carbocycles. The summed E-state index contributed by atoms with van der Waals surface area (Å²) in [5, 5.41) is 12.4. The first-order valence-corrected chi connectivity index (χ1v) is 13.6. The Morgan fingerprint density at radius 2 is 1.55 bits per heavy atom. The number of benzene rings is 4. The lowest BCUT2D eigenvalue weighted by atomic mass is 10.1. The van der Waals surface area contributed by atoms with Crippen molar-refractivity contribution >= 4 is 49.5 Å². The second-order valence-corrected chi connectivity index (χ2v) is 10.3. The third kappa shape index (κ3) is 7.94. The number of ether oxygens (including phenoxy) is 3. The van der Waals surface area contributed by atoms with Crippen LogP contribution >= 0.6 is 31.9 Å². The Labute approximate surface area is 248 Å². The molecule has 4 rings (SSSR count). The molecule has 0 heterocycles. The molecule has 0 bridgehead atoms. The molecule has 0 aromatic heterocycles. The van der Waals surface area contributed by atoms with Crippen LogP contribution in [0, 0.1) is 17.1 Å². The molecule has 1 amide bonds. The lowest BCUT2D eigenvalue weighted by Gasteiger charge is -2.14. The Balaban J connectivity index is 1.41. The van der Waals surface area contributed by atoms with Crippen molar-refractivity contribution in [1.82, 2.24) is 0 Å². The minimum atomic E-state index is -0.558. The van der Waals surface area contributed by atoms with E-state index in [1.54, 1.807) is 48.5 Å². The first kappa shape index (κ1) is 28.9. The van der Waals surface area contributed by atoms with Gasteiger partial charge in [-0.3, -0.25) is 4.79 Å². The minimum absolute atomic E-state index is 0.0931. The SMILES string of the molecule is COc1cc(/C=C(\C#N)C(=O)Nc2ccc(OCc3ccc(Br)cc3)cc2)cc(Br)c1OCc1ccc(F)cc1. The number of hydrogen-bond acceptors (Lipinski definition) is 5. The van der Waals surface area contributed by atoms with Gasteiger partial charge >= 0.3 is 0 Å².